The Labute approximate surface area is 103 Å². The lowest BCUT2D eigenvalue weighted by molar-refractivity contribution is 0.168. The van der Waals surface area contributed by atoms with E-state index in [1.165, 1.54) is 11.5 Å². The molecule has 0 atom stereocenters. The summed E-state index contributed by atoms with van der Waals surface area (Å²) in [6.07, 6.45) is -0.516. The summed E-state index contributed by atoms with van der Waals surface area (Å²) in [5, 5.41) is 6.44. The standard InChI is InChI=1S/C11H11N3O2S/c1-2-16-11(15)12-10-9(17-14-13-10)8-6-4-3-5-7-8/h3-7H,2H2,1H3,(H,12,15). The highest BCUT2D eigenvalue weighted by Crippen LogP contribution is 2.29. The summed E-state index contributed by atoms with van der Waals surface area (Å²) in [6.45, 7) is 2.07. The number of aromatic nitrogens is 2. The van der Waals surface area contributed by atoms with Gasteiger partial charge in [-0.05, 0) is 24.0 Å². The highest BCUT2D eigenvalue weighted by Gasteiger charge is 2.13. The van der Waals surface area contributed by atoms with Crippen LogP contribution in [-0.4, -0.2) is 22.3 Å². The average molecular weight is 249 g/mol. The van der Waals surface area contributed by atoms with Crippen LogP contribution < -0.4 is 5.32 Å². The molecule has 0 unspecified atom stereocenters. The van der Waals surface area contributed by atoms with Crippen molar-refractivity contribution in [3.63, 3.8) is 0 Å². The predicted octanol–water partition coefficient (Wildman–Crippen LogP) is 2.77. The molecule has 6 heteroatoms. The molecule has 0 saturated heterocycles. The second kappa shape index (κ2) is 5.40. The first-order valence-electron chi connectivity index (χ1n) is 5.13. The Kier molecular flexibility index (Phi) is 3.66. The van der Waals surface area contributed by atoms with Crippen LogP contribution in [-0.2, 0) is 4.74 Å². The van der Waals surface area contributed by atoms with Gasteiger partial charge in [-0.25, -0.2) is 4.79 Å². The molecule has 17 heavy (non-hydrogen) atoms. The van der Waals surface area contributed by atoms with Crippen LogP contribution in [0, 0.1) is 0 Å². The molecular formula is C11H11N3O2S. The molecule has 0 aliphatic heterocycles. The molecule has 0 aliphatic carbocycles. The lowest BCUT2D eigenvalue weighted by Gasteiger charge is -2.03. The molecule has 1 heterocycles. The van der Waals surface area contributed by atoms with Crippen LogP contribution in [0.25, 0.3) is 10.4 Å². The molecule has 5 nitrogen and oxygen atoms in total. The van der Waals surface area contributed by atoms with Gasteiger partial charge in [-0.2, -0.15) is 0 Å². The van der Waals surface area contributed by atoms with E-state index in [-0.39, 0.29) is 0 Å². The third-order valence-electron chi connectivity index (χ3n) is 2.02. The lowest BCUT2D eigenvalue weighted by atomic mass is 10.2. The van der Waals surface area contributed by atoms with Gasteiger partial charge in [0.25, 0.3) is 0 Å². The zero-order chi connectivity index (χ0) is 12.1. The second-order valence-electron chi connectivity index (χ2n) is 3.16. The van der Waals surface area contributed by atoms with E-state index < -0.39 is 6.09 Å². The second-order valence-corrected chi connectivity index (χ2v) is 3.92. The van der Waals surface area contributed by atoms with E-state index in [0.717, 1.165) is 10.4 Å². The van der Waals surface area contributed by atoms with Crippen molar-refractivity contribution in [3.8, 4) is 10.4 Å². The Morgan fingerprint density at radius 3 is 2.88 bits per heavy atom. The van der Waals surface area contributed by atoms with Gasteiger partial charge < -0.3 is 4.74 Å². The Balaban J connectivity index is 2.20. The Hall–Kier alpha value is -1.95. The molecule has 0 fully saturated rings. The van der Waals surface area contributed by atoms with Crippen LogP contribution in [0.3, 0.4) is 0 Å². The molecular weight excluding hydrogens is 238 g/mol. The van der Waals surface area contributed by atoms with Crippen molar-refractivity contribution in [3.05, 3.63) is 30.3 Å². The molecule has 1 N–H and O–H groups in total. The number of nitrogens with one attached hydrogen (secondary N) is 1. The van der Waals surface area contributed by atoms with E-state index in [9.17, 15) is 4.79 Å². The van der Waals surface area contributed by atoms with E-state index in [2.05, 4.69) is 14.9 Å². The molecule has 88 valence electrons. The number of benzene rings is 1. The molecule has 0 spiro atoms. The Morgan fingerprint density at radius 2 is 2.18 bits per heavy atom. The van der Waals surface area contributed by atoms with Gasteiger partial charge >= 0.3 is 6.09 Å². The lowest BCUT2D eigenvalue weighted by Crippen LogP contribution is -2.14. The van der Waals surface area contributed by atoms with E-state index in [0.29, 0.717) is 12.4 Å². The summed E-state index contributed by atoms with van der Waals surface area (Å²) in [5.41, 5.74) is 0.967. The van der Waals surface area contributed by atoms with Gasteiger partial charge in [0, 0.05) is 0 Å². The minimum atomic E-state index is -0.516. The average Bonchev–Trinajstić information content (AvgIpc) is 2.78. The molecule has 2 aromatic rings. The molecule has 0 radical (unpaired) electrons. The molecule has 0 bridgehead atoms. The monoisotopic (exact) mass is 249 g/mol. The number of amides is 1. The summed E-state index contributed by atoms with van der Waals surface area (Å²) < 4.78 is 8.63. The van der Waals surface area contributed by atoms with Gasteiger partial charge in [0.15, 0.2) is 5.82 Å². The predicted molar refractivity (Wildman–Crippen MR) is 66.0 cm³/mol. The minimum Gasteiger partial charge on any atom is -0.450 e. The number of ether oxygens (including phenoxy) is 1. The minimum absolute atomic E-state index is 0.323. The fourth-order valence-electron chi connectivity index (χ4n) is 1.32. The van der Waals surface area contributed by atoms with Crippen molar-refractivity contribution in [2.45, 2.75) is 6.92 Å². The summed E-state index contributed by atoms with van der Waals surface area (Å²) in [5.74, 6) is 0.430. The summed E-state index contributed by atoms with van der Waals surface area (Å²) in [6, 6.07) is 9.64. The number of hydrogen-bond donors (Lipinski definition) is 1. The van der Waals surface area contributed by atoms with Gasteiger partial charge in [0.2, 0.25) is 0 Å². The number of nitrogens with zero attached hydrogens (tertiary/aromatic N) is 2. The van der Waals surface area contributed by atoms with E-state index in [1.807, 2.05) is 30.3 Å². The highest BCUT2D eigenvalue weighted by molar-refractivity contribution is 7.10. The number of hydrogen-bond acceptors (Lipinski definition) is 5. The molecule has 0 aliphatic rings. The summed E-state index contributed by atoms with van der Waals surface area (Å²) in [7, 11) is 0. The molecule has 1 aromatic carbocycles. The number of anilines is 1. The first kappa shape index (κ1) is 11.5. The summed E-state index contributed by atoms with van der Waals surface area (Å²) >= 11 is 1.23. The van der Waals surface area contributed by atoms with Crippen molar-refractivity contribution in [2.75, 3.05) is 11.9 Å². The van der Waals surface area contributed by atoms with Gasteiger partial charge in [-0.3, -0.25) is 5.32 Å². The van der Waals surface area contributed by atoms with Crippen LogP contribution in [0.1, 0.15) is 6.92 Å². The van der Waals surface area contributed by atoms with Gasteiger partial charge in [0.05, 0.1) is 11.5 Å². The third-order valence-corrected chi connectivity index (χ3v) is 2.79. The highest BCUT2D eigenvalue weighted by atomic mass is 32.1. The summed E-state index contributed by atoms with van der Waals surface area (Å²) in [4.78, 5) is 12.1. The Bertz CT molecular complexity index is 498. The van der Waals surface area contributed by atoms with Crippen molar-refractivity contribution < 1.29 is 9.53 Å². The van der Waals surface area contributed by atoms with Gasteiger partial charge in [0.1, 0.15) is 0 Å². The fourth-order valence-corrected chi connectivity index (χ4v) is 1.94. The van der Waals surface area contributed by atoms with Crippen molar-refractivity contribution >= 4 is 23.4 Å². The first-order chi connectivity index (χ1) is 8.31. The number of rotatable bonds is 3. The SMILES string of the molecule is CCOC(=O)Nc1nnsc1-c1ccccc1. The number of carbonyl (C=O) groups is 1. The fraction of sp³-hybridized carbons (Fsp3) is 0.182. The zero-order valence-corrected chi connectivity index (χ0v) is 10.0. The maximum atomic E-state index is 11.3. The van der Waals surface area contributed by atoms with Crippen LogP contribution in [0.4, 0.5) is 10.6 Å². The van der Waals surface area contributed by atoms with Crippen LogP contribution in [0.5, 0.6) is 0 Å². The third kappa shape index (κ3) is 2.79. The van der Waals surface area contributed by atoms with Crippen molar-refractivity contribution in [1.29, 1.82) is 0 Å². The zero-order valence-electron chi connectivity index (χ0n) is 9.21. The maximum absolute atomic E-state index is 11.3. The smallest absolute Gasteiger partial charge is 0.412 e. The molecule has 2 rings (SSSR count). The van der Waals surface area contributed by atoms with Crippen LogP contribution in [0.2, 0.25) is 0 Å². The van der Waals surface area contributed by atoms with Crippen molar-refractivity contribution in [1.82, 2.24) is 9.59 Å². The van der Waals surface area contributed by atoms with E-state index >= 15 is 0 Å². The first-order valence-corrected chi connectivity index (χ1v) is 5.90. The molecule has 0 saturated carbocycles. The molecule has 1 aromatic heterocycles. The van der Waals surface area contributed by atoms with Crippen LogP contribution >= 0.6 is 11.5 Å². The van der Waals surface area contributed by atoms with Crippen molar-refractivity contribution in [2.24, 2.45) is 0 Å². The quantitative estimate of drug-likeness (QED) is 0.908. The maximum Gasteiger partial charge on any atom is 0.412 e. The normalized spacial score (nSPS) is 9.94. The topological polar surface area (TPSA) is 64.1 Å². The van der Waals surface area contributed by atoms with E-state index in [1.54, 1.807) is 6.92 Å². The molecule has 1 amide bonds. The number of carbonyl (C=O) groups excluding carboxylic acids is 1. The van der Waals surface area contributed by atoms with E-state index in [4.69, 9.17) is 4.74 Å². The van der Waals surface area contributed by atoms with Gasteiger partial charge in [-0.15, -0.1) is 5.10 Å². The Morgan fingerprint density at radius 1 is 1.41 bits per heavy atom. The van der Waals surface area contributed by atoms with Gasteiger partial charge in [-0.1, -0.05) is 34.8 Å². The largest absolute Gasteiger partial charge is 0.450 e. The van der Waals surface area contributed by atoms with Crippen LogP contribution in [0.15, 0.2) is 30.3 Å².